The summed E-state index contributed by atoms with van der Waals surface area (Å²) >= 11 is 0. The minimum atomic E-state index is -0.313. The van der Waals surface area contributed by atoms with Gasteiger partial charge in [0.2, 0.25) is 0 Å². The molecular weight excluding hydrogens is 226 g/mol. The van der Waals surface area contributed by atoms with Gasteiger partial charge >= 0.3 is 5.97 Å². The van der Waals surface area contributed by atoms with E-state index >= 15 is 0 Å². The molecule has 0 amide bonds. The van der Waals surface area contributed by atoms with Gasteiger partial charge in [0, 0.05) is 13.1 Å². The molecule has 0 fully saturated rings. The van der Waals surface area contributed by atoms with Crippen LogP contribution in [-0.4, -0.2) is 23.5 Å². The number of rotatable bonds is 2. The number of carbonyl (C=O) groups excluding carboxylic acids is 1. The van der Waals surface area contributed by atoms with Gasteiger partial charge in [0.1, 0.15) is 0 Å². The molecule has 1 heterocycles. The zero-order valence-corrected chi connectivity index (χ0v) is 11.0. The van der Waals surface area contributed by atoms with Gasteiger partial charge in [-0.2, -0.15) is 0 Å². The summed E-state index contributed by atoms with van der Waals surface area (Å²) in [5.74, 6) is 2.51. The van der Waals surface area contributed by atoms with Crippen molar-refractivity contribution in [3.05, 3.63) is 34.9 Å². The molecule has 0 spiro atoms. The van der Waals surface area contributed by atoms with Crippen molar-refractivity contribution in [1.82, 2.24) is 4.90 Å². The van der Waals surface area contributed by atoms with E-state index in [0.717, 1.165) is 17.7 Å². The van der Waals surface area contributed by atoms with Gasteiger partial charge in [0.15, 0.2) is 0 Å². The van der Waals surface area contributed by atoms with E-state index in [1.165, 1.54) is 7.11 Å². The van der Waals surface area contributed by atoms with E-state index in [1.807, 2.05) is 26.0 Å². The van der Waals surface area contributed by atoms with Crippen LogP contribution in [-0.2, 0) is 17.8 Å². The molecule has 3 nitrogen and oxygen atoms in total. The summed E-state index contributed by atoms with van der Waals surface area (Å²) in [5.41, 5.74) is 2.52. The quantitative estimate of drug-likeness (QED) is 0.589. The number of ether oxygens (including phenoxy) is 1. The summed E-state index contributed by atoms with van der Waals surface area (Å²) in [5, 5.41) is 0. The molecule has 18 heavy (non-hydrogen) atoms. The lowest BCUT2D eigenvalue weighted by Crippen LogP contribution is -2.38. The highest BCUT2D eigenvalue weighted by Gasteiger charge is 2.32. The normalized spacial score (nSPS) is 15.0. The van der Waals surface area contributed by atoms with Gasteiger partial charge in [0.25, 0.3) is 0 Å². The van der Waals surface area contributed by atoms with Crippen LogP contribution in [0.2, 0.25) is 0 Å². The van der Waals surface area contributed by atoms with E-state index in [9.17, 15) is 4.79 Å². The molecule has 94 valence electrons. The van der Waals surface area contributed by atoms with Crippen LogP contribution in [0.3, 0.4) is 0 Å². The summed E-state index contributed by atoms with van der Waals surface area (Å²) < 4.78 is 4.81. The number of fused-ring (bicyclic) bond motifs is 1. The van der Waals surface area contributed by atoms with Crippen molar-refractivity contribution in [1.29, 1.82) is 0 Å². The van der Waals surface area contributed by atoms with Crippen molar-refractivity contribution >= 4 is 5.97 Å². The molecule has 1 aromatic carbocycles. The fourth-order valence-corrected chi connectivity index (χ4v) is 2.21. The summed E-state index contributed by atoms with van der Waals surface area (Å²) in [4.78, 5) is 13.9. The second-order valence-electron chi connectivity index (χ2n) is 4.99. The van der Waals surface area contributed by atoms with Crippen molar-refractivity contribution in [2.45, 2.75) is 32.5 Å². The van der Waals surface area contributed by atoms with Crippen LogP contribution in [0.5, 0.6) is 0 Å². The second kappa shape index (κ2) is 4.47. The summed E-state index contributed by atoms with van der Waals surface area (Å²) in [7, 11) is 1.40. The predicted molar refractivity (Wildman–Crippen MR) is 69.9 cm³/mol. The molecule has 3 heteroatoms. The maximum absolute atomic E-state index is 11.7. The van der Waals surface area contributed by atoms with Gasteiger partial charge in [0.05, 0.1) is 18.2 Å². The van der Waals surface area contributed by atoms with E-state index in [1.54, 1.807) is 6.07 Å². The minimum absolute atomic E-state index is 0.285. The van der Waals surface area contributed by atoms with Crippen molar-refractivity contribution in [3.8, 4) is 12.3 Å². The monoisotopic (exact) mass is 243 g/mol. The summed E-state index contributed by atoms with van der Waals surface area (Å²) in [6.45, 7) is 5.49. The van der Waals surface area contributed by atoms with Crippen LogP contribution in [0.4, 0.5) is 0 Å². The lowest BCUT2D eigenvalue weighted by Gasteiger charge is -2.30. The van der Waals surface area contributed by atoms with Crippen molar-refractivity contribution in [2.24, 2.45) is 0 Å². The fraction of sp³-hybridized carbons (Fsp3) is 0.400. The number of methoxy groups -OCH3 is 1. The first-order valence-electron chi connectivity index (χ1n) is 5.91. The topological polar surface area (TPSA) is 29.5 Å². The fourth-order valence-electron chi connectivity index (χ4n) is 2.21. The molecule has 0 aromatic heterocycles. The highest BCUT2D eigenvalue weighted by molar-refractivity contribution is 5.91. The molecule has 0 N–H and O–H groups in total. The molecule has 0 bridgehead atoms. The Morgan fingerprint density at radius 2 is 2.17 bits per heavy atom. The number of terminal acetylenes is 1. The molecule has 1 aliphatic rings. The molecule has 0 atom stereocenters. The van der Waals surface area contributed by atoms with Crippen molar-refractivity contribution in [2.75, 3.05) is 7.11 Å². The van der Waals surface area contributed by atoms with Crippen molar-refractivity contribution < 1.29 is 9.53 Å². The SMILES string of the molecule is C#CC(C)(C)N1Cc2cccc(C(=O)OC)c2C1. The first-order chi connectivity index (χ1) is 8.49. The molecule has 2 rings (SSSR count). The Morgan fingerprint density at radius 1 is 1.44 bits per heavy atom. The summed E-state index contributed by atoms with van der Waals surface area (Å²) in [6, 6.07) is 5.73. The Kier molecular flexibility index (Phi) is 3.14. The molecule has 0 aliphatic carbocycles. The van der Waals surface area contributed by atoms with E-state index < -0.39 is 0 Å². The highest BCUT2D eigenvalue weighted by atomic mass is 16.5. The number of hydrogen-bond acceptors (Lipinski definition) is 3. The number of benzene rings is 1. The Hall–Kier alpha value is -1.79. The number of hydrogen-bond donors (Lipinski definition) is 0. The Morgan fingerprint density at radius 3 is 2.78 bits per heavy atom. The van der Waals surface area contributed by atoms with E-state index in [0.29, 0.717) is 12.1 Å². The van der Waals surface area contributed by atoms with Crippen LogP contribution >= 0.6 is 0 Å². The van der Waals surface area contributed by atoms with Gasteiger partial charge in [-0.3, -0.25) is 4.90 Å². The van der Waals surface area contributed by atoms with Crippen LogP contribution in [0, 0.1) is 12.3 Å². The van der Waals surface area contributed by atoms with Crippen LogP contribution in [0.25, 0.3) is 0 Å². The lowest BCUT2D eigenvalue weighted by molar-refractivity contribution is 0.0598. The maximum Gasteiger partial charge on any atom is 0.338 e. The summed E-state index contributed by atoms with van der Waals surface area (Å²) in [6.07, 6.45) is 5.56. The van der Waals surface area contributed by atoms with Crippen LogP contribution in [0.15, 0.2) is 18.2 Å². The zero-order valence-electron chi connectivity index (χ0n) is 11.0. The van der Waals surface area contributed by atoms with Gasteiger partial charge in [-0.05, 0) is 31.0 Å². The van der Waals surface area contributed by atoms with Crippen LogP contribution < -0.4 is 0 Å². The maximum atomic E-state index is 11.7. The van der Waals surface area contributed by atoms with E-state index in [4.69, 9.17) is 11.2 Å². The average Bonchev–Trinajstić information content (AvgIpc) is 2.82. The third kappa shape index (κ3) is 2.00. The van der Waals surface area contributed by atoms with Gasteiger partial charge < -0.3 is 4.74 Å². The van der Waals surface area contributed by atoms with E-state index in [2.05, 4.69) is 10.8 Å². The highest BCUT2D eigenvalue weighted by Crippen LogP contribution is 2.31. The molecule has 0 radical (unpaired) electrons. The third-order valence-corrected chi connectivity index (χ3v) is 3.53. The lowest BCUT2D eigenvalue weighted by atomic mass is 10.0. The molecular formula is C15H17NO2. The molecule has 1 aliphatic heterocycles. The molecule has 1 aromatic rings. The van der Waals surface area contributed by atoms with Gasteiger partial charge in [-0.1, -0.05) is 18.1 Å². The van der Waals surface area contributed by atoms with Crippen LogP contribution in [0.1, 0.15) is 35.3 Å². The largest absolute Gasteiger partial charge is 0.465 e. The number of carbonyl (C=O) groups is 1. The van der Waals surface area contributed by atoms with E-state index in [-0.39, 0.29) is 11.5 Å². The Labute approximate surface area is 108 Å². The number of nitrogens with zero attached hydrogens (tertiary/aromatic N) is 1. The molecule has 0 unspecified atom stereocenters. The molecule has 0 saturated carbocycles. The first-order valence-corrected chi connectivity index (χ1v) is 5.91. The Bertz CT molecular complexity index is 526. The number of esters is 1. The smallest absolute Gasteiger partial charge is 0.338 e. The van der Waals surface area contributed by atoms with Gasteiger partial charge in [-0.25, -0.2) is 4.79 Å². The third-order valence-electron chi connectivity index (χ3n) is 3.53. The molecule has 0 saturated heterocycles. The average molecular weight is 243 g/mol. The predicted octanol–water partition coefficient (Wildman–Crippen LogP) is 2.20. The zero-order chi connectivity index (χ0) is 13.3. The minimum Gasteiger partial charge on any atom is -0.465 e. The van der Waals surface area contributed by atoms with Crippen molar-refractivity contribution in [3.63, 3.8) is 0 Å². The first kappa shape index (κ1) is 12.7. The second-order valence-corrected chi connectivity index (χ2v) is 4.99. The van der Waals surface area contributed by atoms with Gasteiger partial charge in [-0.15, -0.1) is 6.42 Å². The Balaban J connectivity index is 2.36. The standard InChI is InChI=1S/C15H17NO2/c1-5-15(2,3)16-9-11-7-6-8-12(13(11)10-16)14(17)18-4/h1,6-8H,9-10H2,2-4H3.